The van der Waals surface area contributed by atoms with Crippen LogP contribution >= 0.6 is 0 Å². The highest BCUT2D eigenvalue weighted by Crippen LogP contribution is 2.35. The Balaban J connectivity index is 1.51. The first-order chi connectivity index (χ1) is 15.8. The van der Waals surface area contributed by atoms with Gasteiger partial charge in [-0.2, -0.15) is 0 Å². The lowest BCUT2D eigenvalue weighted by molar-refractivity contribution is 0.398. The first-order valence-electron chi connectivity index (χ1n) is 10.2. The molecule has 160 valence electrons. The lowest BCUT2D eigenvalue weighted by atomic mass is 10.0. The molecule has 9 nitrogen and oxygen atoms in total. The minimum Gasteiger partial charge on any atom is -0.481 e. The van der Waals surface area contributed by atoms with E-state index in [1.54, 1.807) is 25.7 Å². The molecule has 0 aliphatic heterocycles. The van der Waals surface area contributed by atoms with Gasteiger partial charge in [0.2, 0.25) is 12.3 Å². The number of nitrogens with one attached hydrogen (secondary N) is 1. The van der Waals surface area contributed by atoms with Crippen molar-refractivity contribution in [2.45, 2.75) is 13.0 Å². The monoisotopic (exact) mass is 427 g/mol. The molecule has 0 fully saturated rings. The highest BCUT2D eigenvalue weighted by atomic mass is 16.5. The van der Waals surface area contributed by atoms with E-state index >= 15 is 0 Å². The van der Waals surface area contributed by atoms with E-state index in [1.807, 2.05) is 36.8 Å². The Morgan fingerprint density at radius 1 is 1.09 bits per heavy atom. The van der Waals surface area contributed by atoms with Gasteiger partial charge in [0.25, 0.3) is 5.89 Å². The van der Waals surface area contributed by atoms with Gasteiger partial charge in [-0.3, -0.25) is 4.98 Å². The van der Waals surface area contributed by atoms with E-state index in [9.17, 15) is 0 Å². The molecule has 1 aromatic carbocycles. The quantitative estimate of drug-likeness (QED) is 0.370. The Morgan fingerprint density at radius 3 is 2.78 bits per heavy atom. The fourth-order valence-corrected chi connectivity index (χ4v) is 3.58. The van der Waals surface area contributed by atoms with Crippen LogP contribution in [-0.2, 0) is 6.54 Å². The summed E-state index contributed by atoms with van der Waals surface area (Å²) < 4.78 is 12.7. The molecule has 5 aromatic rings. The summed E-state index contributed by atoms with van der Waals surface area (Å²) in [6.07, 6.45) is 11.4. The van der Waals surface area contributed by atoms with Gasteiger partial charge in [-0.05, 0) is 30.2 Å². The van der Waals surface area contributed by atoms with Crippen LogP contribution in [0.25, 0.3) is 33.5 Å². The largest absolute Gasteiger partial charge is 0.481 e. The SMILES string of the molecule is COc1ccc(-c2ccc3ncc(-c4nnco4)c(NCCCn4ccnc4)c3c2)cn1. The van der Waals surface area contributed by atoms with Crippen LogP contribution in [0.4, 0.5) is 5.69 Å². The van der Waals surface area contributed by atoms with E-state index in [4.69, 9.17) is 9.15 Å². The van der Waals surface area contributed by atoms with Gasteiger partial charge in [0.1, 0.15) is 0 Å². The minimum absolute atomic E-state index is 0.424. The van der Waals surface area contributed by atoms with Crippen LogP contribution in [0.1, 0.15) is 6.42 Å². The van der Waals surface area contributed by atoms with Gasteiger partial charge < -0.3 is 19.0 Å². The highest BCUT2D eigenvalue weighted by molar-refractivity contribution is 6.00. The first-order valence-corrected chi connectivity index (χ1v) is 10.2. The van der Waals surface area contributed by atoms with Gasteiger partial charge in [0.05, 0.1) is 30.2 Å². The molecule has 0 aliphatic carbocycles. The molecule has 0 spiro atoms. The highest BCUT2D eigenvalue weighted by Gasteiger charge is 2.15. The fourth-order valence-electron chi connectivity index (χ4n) is 3.58. The van der Waals surface area contributed by atoms with E-state index in [1.165, 1.54) is 6.39 Å². The molecular weight excluding hydrogens is 406 g/mol. The number of imidazole rings is 1. The van der Waals surface area contributed by atoms with Crippen molar-refractivity contribution in [3.63, 3.8) is 0 Å². The van der Waals surface area contributed by atoms with Crippen molar-refractivity contribution in [1.82, 2.24) is 29.7 Å². The summed E-state index contributed by atoms with van der Waals surface area (Å²) in [7, 11) is 1.60. The fraction of sp³-hybridized carbons (Fsp3) is 0.174. The van der Waals surface area contributed by atoms with Gasteiger partial charge >= 0.3 is 0 Å². The molecule has 5 rings (SSSR count). The molecule has 0 atom stereocenters. The summed E-state index contributed by atoms with van der Waals surface area (Å²) >= 11 is 0. The number of nitrogens with zero attached hydrogens (tertiary/aromatic N) is 6. The van der Waals surface area contributed by atoms with E-state index in [2.05, 4.69) is 41.1 Å². The zero-order valence-corrected chi connectivity index (χ0v) is 17.5. The van der Waals surface area contributed by atoms with Crippen LogP contribution in [-0.4, -0.2) is 43.4 Å². The number of hydrogen-bond donors (Lipinski definition) is 1. The van der Waals surface area contributed by atoms with Crippen molar-refractivity contribution < 1.29 is 9.15 Å². The second-order valence-electron chi connectivity index (χ2n) is 7.19. The molecule has 0 radical (unpaired) electrons. The molecule has 0 unspecified atom stereocenters. The normalized spacial score (nSPS) is 11.0. The number of methoxy groups -OCH3 is 1. The predicted molar refractivity (Wildman–Crippen MR) is 120 cm³/mol. The number of anilines is 1. The van der Waals surface area contributed by atoms with Crippen LogP contribution in [0, 0.1) is 0 Å². The van der Waals surface area contributed by atoms with Gasteiger partial charge in [0, 0.05) is 54.9 Å². The summed E-state index contributed by atoms with van der Waals surface area (Å²) in [6.45, 7) is 1.63. The van der Waals surface area contributed by atoms with Crippen molar-refractivity contribution in [1.29, 1.82) is 0 Å². The topological polar surface area (TPSA) is 104 Å². The second-order valence-corrected chi connectivity index (χ2v) is 7.19. The van der Waals surface area contributed by atoms with Gasteiger partial charge in [-0.15, -0.1) is 10.2 Å². The first kappa shape index (κ1) is 19.7. The summed E-state index contributed by atoms with van der Waals surface area (Å²) in [5, 5.41) is 12.5. The Morgan fingerprint density at radius 2 is 2.03 bits per heavy atom. The standard InChI is InChI=1S/C23H21N7O2/c1-31-21-6-4-17(12-27-21)16-3-5-20-18(11-16)22(19(13-26-20)23-29-28-15-32-23)25-7-2-9-30-10-8-24-14-30/h3-6,8,10-15H,2,7,9H2,1H3,(H,25,26). The summed E-state index contributed by atoms with van der Waals surface area (Å²) in [4.78, 5) is 13.0. The third-order valence-corrected chi connectivity index (χ3v) is 5.19. The van der Waals surface area contributed by atoms with E-state index < -0.39 is 0 Å². The summed E-state index contributed by atoms with van der Waals surface area (Å²) in [5.74, 6) is 1.00. The molecule has 4 heterocycles. The Labute approximate surface area is 184 Å². The smallest absolute Gasteiger partial charge is 0.251 e. The van der Waals surface area contributed by atoms with Gasteiger partial charge in [-0.25, -0.2) is 9.97 Å². The zero-order chi connectivity index (χ0) is 21.8. The Bertz CT molecular complexity index is 1300. The molecule has 0 saturated heterocycles. The number of hydrogen-bond acceptors (Lipinski definition) is 8. The molecule has 4 aromatic heterocycles. The van der Waals surface area contributed by atoms with Crippen molar-refractivity contribution in [3.8, 4) is 28.5 Å². The Hall–Kier alpha value is -4.27. The zero-order valence-electron chi connectivity index (χ0n) is 17.5. The third kappa shape index (κ3) is 4.00. The second kappa shape index (κ2) is 8.84. The predicted octanol–water partition coefficient (Wildman–Crippen LogP) is 4.05. The summed E-state index contributed by atoms with van der Waals surface area (Å²) in [6, 6.07) is 9.98. The van der Waals surface area contributed by atoms with Crippen molar-refractivity contribution in [2.75, 3.05) is 19.0 Å². The minimum atomic E-state index is 0.424. The summed E-state index contributed by atoms with van der Waals surface area (Å²) in [5.41, 5.74) is 4.56. The average Bonchev–Trinajstić information content (AvgIpc) is 3.56. The van der Waals surface area contributed by atoms with Crippen molar-refractivity contribution in [3.05, 3.63) is 67.8 Å². The lowest BCUT2D eigenvalue weighted by Gasteiger charge is -2.14. The number of ether oxygens (including phenoxy) is 1. The van der Waals surface area contributed by atoms with Crippen LogP contribution in [0.15, 0.2) is 72.3 Å². The van der Waals surface area contributed by atoms with Crippen LogP contribution in [0.2, 0.25) is 0 Å². The number of rotatable bonds is 8. The molecule has 1 N–H and O–H groups in total. The van der Waals surface area contributed by atoms with E-state index in [-0.39, 0.29) is 0 Å². The maximum atomic E-state index is 5.48. The van der Waals surface area contributed by atoms with Gasteiger partial charge in [0.15, 0.2) is 0 Å². The molecular formula is C23H21N7O2. The number of benzene rings is 1. The third-order valence-electron chi connectivity index (χ3n) is 5.19. The average molecular weight is 427 g/mol. The van der Waals surface area contributed by atoms with Crippen molar-refractivity contribution in [2.24, 2.45) is 0 Å². The number of aromatic nitrogens is 6. The number of pyridine rings is 2. The molecule has 9 heteroatoms. The maximum absolute atomic E-state index is 5.48. The molecule has 0 saturated carbocycles. The number of aryl methyl sites for hydroxylation is 1. The van der Waals surface area contributed by atoms with Crippen LogP contribution in [0.5, 0.6) is 5.88 Å². The van der Waals surface area contributed by atoms with E-state index in [0.29, 0.717) is 11.8 Å². The van der Waals surface area contributed by atoms with Crippen molar-refractivity contribution >= 4 is 16.6 Å². The molecule has 32 heavy (non-hydrogen) atoms. The lowest BCUT2D eigenvalue weighted by Crippen LogP contribution is -2.07. The maximum Gasteiger partial charge on any atom is 0.251 e. The Kier molecular flexibility index (Phi) is 5.44. The van der Waals surface area contributed by atoms with Crippen LogP contribution < -0.4 is 10.1 Å². The van der Waals surface area contributed by atoms with Gasteiger partial charge in [-0.1, -0.05) is 6.07 Å². The van der Waals surface area contributed by atoms with Crippen LogP contribution in [0.3, 0.4) is 0 Å². The molecule has 0 aliphatic rings. The molecule has 0 amide bonds. The number of fused-ring (bicyclic) bond motifs is 1. The van der Waals surface area contributed by atoms with E-state index in [0.717, 1.165) is 52.8 Å². The molecule has 0 bridgehead atoms.